The molecule has 0 bridgehead atoms. The molecule has 0 saturated heterocycles. The highest BCUT2D eigenvalue weighted by Gasteiger charge is 2.18. The molecule has 0 heterocycles. The van der Waals surface area contributed by atoms with E-state index < -0.39 is 18.1 Å². The number of carbonyl (C=O) groups excluding carboxylic acids is 4. The Kier molecular flexibility index (Phi) is 10.4. The van der Waals surface area contributed by atoms with E-state index in [1.165, 1.54) is 12.2 Å². The Morgan fingerprint density at radius 2 is 1.88 bits per heavy atom. The summed E-state index contributed by atoms with van der Waals surface area (Å²) in [4.78, 5) is 50.5. The number of para-hydroxylation sites is 1. The van der Waals surface area contributed by atoms with E-state index in [1.54, 1.807) is 30.3 Å². The monoisotopic (exact) mass is 361 g/mol. The van der Waals surface area contributed by atoms with E-state index in [9.17, 15) is 19.2 Å². The van der Waals surface area contributed by atoms with E-state index in [1.807, 2.05) is 0 Å². The lowest BCUT2D eigenvalue weighted by molar-refractivity contribution is -0.145. The van der Waals surface area contributed by atoms with Gasteiger partial charge in [0.2, 0.25) is 12.2 Å². The van der Waals surface area contributed by atoms with Gasteiger partial charge in [0.1, 0.15) is 12.4 Å². The molecule has 0 spiro atoms. The van der Waals surface area contributed by atoms with E-state index in [0.717, 1.165) is 0 Å². The van der Waals surface area contributed by atoms with Gasteiger partial charge in [-0.1, -0.05) is 18.2 Å². The number of amides is 1. The van der Waals surface area contributed by atoms with E-state index in [2.05, 4.69) is 15.3 Å². The van der Waals surface area contributed by atoms with Gasteiger partial charge in [-0.25, -0.2) is 24.2 Å². The average Bonchev–Trinajstić information content (AvgIpc) is 2.65. The fourth-order valence-corrected chi connectivity index (χ4v) is 1.91. The van der Waals surface area contributed by atoms with Crippen molar-refractivity contribution in [2.24, 2.45) is 9.98 Å². The summed E-state index contributed by atoms with van der Waals surface area (Å²) in [6.07, 6.45) is 3.43. The van der Waals surface area contributed by atoms with Gasteiger partial charge in [0.15, 0.2) is 6.04 Å². The molecule has 0 aliphatic carbocycles. The van der Waals surface area contributed by atoms with E-state index in [0.29, 0.717) is 25.1 Å². The van der Waals surface area contributed by atoms with Crippen LogP contribution in [0.25, 0.3) is 0 Å². The number of nitrogens with one attached hydrogen (secondary N) is 1. The number of hydrogen-bond acceptors (Lipinski definition) is 8. The van der Waals surface area contributed by atoms with Gasteiger partial charge >= 0.3 is 12.1 Å². The summed E-state index contributed by atoms with van der Waals surface area (Å²) >= 11 is 0. The zero-order chi connectivity index (χ0) is 19.0. The molecule has 1 aromatic rings. The highest BCUT2D eigenvalue weighted by molar-refractivity contribution is 5.77. The molecule has 0 radical (unpaired) electrons. The number of unbranched alkanes of at least 4 members (excludes halogenated alkanes) is 1. The summed E-state index contributed by atoms with van der Waals surface area (Å²) in [5.74, 6) is -0.299. The summed E-state index contributed by atoms with van der Waals surface area (Å²) in [5, 5.41) is 2.43. The Morgan fingerprint density at radius 1 is 1.12 bits per heavy atom. The SMILES string of the molecule is O=C=NCCCCC(N=C=O)C(=O)OCCNC(=O)Oc1ccccc1. The molecule has 9 heteroatoms. The number of carbonyl (C=O) groups is 2. The number of isocyanates is 2. The van der Waals surface area contributed by atoms with Crippen molar-refractivity contribution in [3.8, 4) is 5.75 Å². The van der Waals surface area contributed by atoms with Gasteiger partial charge in [0.05, 0.1) is 13.1 Å². The van der Waals surface area contributed by atoms with Crippen LogP contribution in [0.1, 0.15) is 19.3 Å². The van der Waals surface area contributed by atoms with Crippen LogP contribution in [0.15, 0.2) is 40.3 Å². The van der Waals surface area contributed by atoms with Crippen LogP contribution in [-0.4, -0.2) is 50.0 Å². The van der Waals surface area contributed by atoms with Crippen LogP contribution < -0.4 is 10.1 Å². The van der Waals surface area contributed by atoms with Crippen molar-refractivity contribution < 1.29 is 28.7 Å². The molecule has 138 valence electrons. The first-order valence-electron chi connectivity index (χ1n) is 7.95. The first-order chi connectivity index (χ1) is 12.7. The molecule has 1 aromatic carbocycles. The maximum Gasteiger partial charge on any atom is 0.412 e. The Balaban J connectivity index is 2.25. The lowest BCUT2D eigenvalue weighted by Crippen LogP contribution is -2.32. The summed E-state index contributed by atoms with van der Waals surface area (Å²) < 4.78 is 9.96. The molecule has 0 saturated carbocycles. The molecular weight excluding hydrogens is 342 g/mol. The van der Waals surface area contributed by atoms with Crippen LogP contribution >= 0.6 is 0 Å². The van der Waals surface area contributed by atoms with Crippen molar-refractivity contribution in [2.75, 3.05) is 19.7 Å². The Hall–Kier alpha value is -3.28. The molecule has 1 N–H and O–H groups in total. The number of ether oxygens (including phenoxy) is 2. The number of hydrogen-bond donors (Lipinski definition) is 1. The van der Waals surface area contributed by atoms with Gasteiger partial charge in [0, 0.05) is 0 Å². The lowest BCUT2D eigenvalue weighted by Gasteiger charge is -2.11. The molecule has 0 aromatic heterocycles. The van der Waals surface area contributed by atoms with Crippen LogP contribution in [0, 0.1) is 0 Å². The average molecular weight is 361 g/mol. The molecule has 9 nitrogen and oxygen atoms in total. The van der Waals surface area contributed by atoms with Crippen LogP contribution in [0.4, 0.5) is 4.79 Å². The van der Waals surface area contributed by atoms with Crippen molar-refractivity contribution in [2.45, 2.75) is 25.3 Å². The minimum absolute atomic E-state index is 0.0446. The van der Waals surface area contributed by atoms with Gasteiger partial charge in [-0.2, -0.15) is 4.99 Å². The van der Waals surface area contributed by atoms with E-state index >= 15 is 0 Å². The summed E-state index contributed by atoms with van der Waals surface area (Å²) in [5.41, 5.74) is 0. The van der Waals surface area contributed by atoms with Crippen molar-refractivity contribution in [1.29, 1.82) is 0 Å². The smallest absolute Gasteiger partial charge is 0.412 e. The predicted molar refractivity (Wildman–Crippen MR) is 90.2 cm³/mol. The molecule has 1 rings (SSSR count). The van der Waals surface area contributed by atoms with Crippen LogP contribution in [0.5, 0.6) is 5.75 Å². The third kappa shape index (κ3) is 9.12. The largest absolute Gasteiger partial charge is 0.462 e. The molecular formula is C17H19N3O6. The van der Waals surface area contributed by atoms with Gasteiger partial charge in [-0.05, 0) is 31.4 Å². The molecule has 1 amide bonds. The van der Waals surface area contributed by atoms with Crippen molar-refractivity contribution >= 4 is 24.2 Å². The van der Waals surface area contributed by atoms with Crippen molar-refractivity contribution in [3.05, 3.63) is 30.3 Å². The quantitative estimate of drug-likeness (QED) is 0.276. The van der Waals surface area contributed by atoms with Gasteiger partial charge in [-0.15, -0.1) is 0 Å². The highest BCUT2D eigenvalue weighted by Crippen LogP contribution is 2.08. The second-order valence-electron chi connectivity index (χ2n) is 5.00. The third-order valence-electron chi connectivity index (χ3n) is 3.11. The van der Waals surface area contributed by atoms with E-state index in [-0.39, 0.29) is 19.6 Å². The zero-order valence-corrected chi connectivity index (χ0v) is 14.1. The van der Waals surface area contributed by atoms with Crippen molar-refractivity contribution in [1.82, 2.24) is 5.32 Å². The maximum atomic E-state index is 11.9. The summed E-state index contributed by atoms with van der Waals surface area (Å²) in [6.45, 7) is 0.246. The Bertz CT molecular complexity index is 666. The minimum Gasteiger partial charge on any atom is -0.462 e. The third-order valence-corrected chi connectivity index (χ3v) is 3.11. The lowest BCUT2D eigenvalue weighted by atomic mass is 10.1. The minimum atomic E-state index is -0.969. The molecule has 0 fully saturated rings. The highest BCUT2D eigenvalue weighted by atomic mass is 16.6. The van der Waals surface area contributed by atoms with Crippen molar-refractivity contribution in [3.63, 3.8) is 0 Å². The Morgan fingerprint density at radius 3 is 2.58 bits per heavy atom. The van der Waals surface area contributed by atoms with Crippen LogP contribution in [0.2, 0.25) is 0 Å². The van der Waals surface area contributed by atoms with Gasteiger partial charge in [0.25, 0.3) is 0 Å². The number of nitrogens with zero attached hydrogens (tertiary/aromatic N) is 2. The summed E-state index contributed by atoms with van der Waals surface area (Å²) in [6, 6.07) is 7.53. The molecule has 26 heavy (non-hydrogen) atoms. The van der Waals surface area contributed by atoms with Gasteiger partial charge in [-0.3, -0.25) is 0 Å². The number of rotatable bonds is 11. The van der Waals surface area contributed by atoms with Crippen LogP contribution in [-0.2, 0) is 19.1 Å². The number of esters is 1. The molecule has 1 unspecified atom stereocenters. The Labute approximate surface area is 150 Å². The summed E-state index contributed by atoms with van der Waals surface area (Å²) in [7, 11) is 0. The van der Waals surface area contributed by atoms with Gasteiger partial charge < -0.3 is 14.8 Å². The molecule has 1 atom stereocenters. The first-order valence-corrected chi connectivity index (χ1v) is 7.95. The fourth-order valence-electron chi connectivity index (χ4n) is 1.91. The standard InChI is InChI=1S/C17H19N3O6/c21-12-18-9-5-4-8-15(20-13-22)16(23)25-11-10-19-17(24)26-14-6-2-1-3-7-14/h1-3,6-7,15H,4-5,8-11H2,(H,19,24). The molecule has 0 aliphatic rings. The van der Waals surface area contributed by atoms with E-state index in [4.69, 9.17) is 9.47 Å². The second kappa shape index (κ2) is 13.1. The fraction of sp³-hybridized carbons (Fsp3) is 0.412. The van der Waals surface area contributed by atoms with Crippen LogP contribution in [0.3, 0.4) is 0 Å². The second-order valence-corrected chi connectivity index (χ2v) is 5.00. The zero-order valence-electron chi connectivity index (χ0n) is 14.1. The first kappa shape index (κ1) is 20.8. The topological polar surface area (TPSA) is 123 Å². The molecule has 0 aliphatic heterocycles. The predicted octanol–water partition coefficient (Wildman–Crippen LogP) is 1.53. The normalized spacial score (nSPS) is 10.6. The number of aliphatic imine (C=N–C) groups is 2. The maximum absolute atomic E-state index is 11.9. The number of benzene rings is 1.